The second kappa shape index (κ2) is 6.36. The summed E-state index contributed by atoms with van der Waals surface area (Å²) in [5.41, 5.74) is 0.368. The Morgan fingerprint density at radius 3 is 2.67 bits per heavy atom. The number of benzene rings is 1. The molecule has 1 aromatic carbocycles. The van der Waals surface area contributed by atoms with Gasteiger partial charge in [0, 0.05) is 6.54 Å². The van der Waals surface area contributed by atoms with E-state index in [0.717, 1.165) is 19.6 Å². The lowest BCUT2D eigenvalue weighted by molar-refractivity contribution is 0.104. The minimum atomic E-state index is -0.134. The van der Waals surface area contributed by atoms with Crippen molar-refractivity contribution in [3.63, 3.8) is 0 Å². The average molecular weight is 245 g/mol. The molecule has 0 bridgehead atoms. The van der Waals surface area contributed by atoms with Gasteiger partial charge in [-0.15, -0.1) is 0 Å². The van der Waals surface area contributed by atoms with Crippen molar-refractivity contribution in [2.45, 2.75) is 19.3 Å². The molecule has 0 radical (unpaired) electrons. The number of rotatable bonds is 4. The van der Waals surface area contributed by atoms with Crippen LogP contribution < -0.4 is 0 Å². The first-order chi connectivity index (χ1) is 8.77. The molecule has 0 aliphatic carbocycles. The number of hydrogen-bond donors (Lipinski definition) is 1. The Morgan fingerprint density at radius 2 is 1.94 bits per heavy atom. The Bertz CT molecular complexity index is 434. The first kappa shape index (κ1) is 12.8. The molecule has 1 heterocycles. The van der Waals surface area contributed by atoms with E-state index in [1.54, 1.807) is 24.3 Å². The average Bonchev–Trinajstić information content (AvgIpc) is 2.40. The monoisotopic (exact) mass is 245 g/mol. The third-order valence-corrected chi connectivity index (χ3v) is 3.25. The molecule has 0 unspecified atom stereocenters. The molecule has 3 nitrogen and oxygen atoms in total. The van der Waals surface area contributed by atoms with E-state index >= 15 is 0 Å². The number of phenols is 1. The number of aromatic hydroxyl groups is 1. The molecular formula is C15H19NO2. The van der Waals surface area contributed by atoms with Crippen molar-refractivity contribution in [3.8, 4) is 5.75 Å². The summed E-state index contributed by atoms with van der Waals surface area (Å²) in [6, 6.07) is 6.64. The van der Waals surface area contributed by atoms with E-state index in [1.165, 1.54) is 25.3 Å². The zero-order valence-electron chi connectivity index (χ0n) is 10.5. The third-order valence-electron chi connectivity index (χ3n) is 3.25. The number of carbonyl (C=O) groups is 1. The van der Waals surface area contributed by atoms with Gasteiger partial charge in [0.15, 0.2) is 5.78 Å². The quantitative estimate of drug-likeness (QED) is 0.655. The number of para-hydroxylation sites is 1. The highest BCUT2D eigenvalue weighted by Crippen LogP contribution is 2.16. The molecule has 96 valence electrons. The highest BCUT2D eigenvalue weighted by Gasteiger charge is 2.09. The number of hydrogen-bond acceptors (Lipinski definition) is 3. The summed E-state index contributed by atoms with van der Waals surface area (Å²) in [5, 5.41) is 9.56. The van der Waals surface area contributed by atoms with E-state index in [0.29, 0.717) is 5.56 Å². The third kappa shape index (κ3) is 3.44. The second-order valence-electron chi connectivity index (χ2n) is 4.65. The van der Waals surface area contributed by atoms with Crippen molar-refractivity contribution in [1.82, 2.24) is 4.90 Å². The largest absolute Gasteiger partial charge is 0.507 e. The molecule has 0 saturated carbocycles. The molecule has 0 spiro atoms. The molecule has 0 atom stereocenters. The van der Waals surface area contributed by atoms with Crippen LogP contribution in [0.3, 0.4) is 0 Å². The van der Waals surface area contributed by atoms with Crippen molar-refractivity contribution >= 4 is 5.78 Å². The van der Waals surface area contributed by atoms with Gasteiger partial charge in [0.05, 0.1) is 5.56 Å². The maximum absolute atomic E-state index is 11.8. The van der Waals surface area contributed by atoms with Crippen LogP contribution in [-0.4, -0.2) is 35.4 Å². The zero-order valence-corrected chi connectivity index (χ0v) is 10.5. The van der Waals surface area contributed by atoms with Crippen molar-refractivity contribution in [2.24, 2.45) is 0 Å². The maximum Gasteiger partial charge on any atom is 0.189 e. The predicted molar refractivity (Wildman–Crippen MR) is 71.9 cm³/mol. The number of ketones is 1. The van der Waals surface area contributed by atoms with Crippen LogP contribution in [0.5, 0.6) is 5.75 Å². The Morgan fingerprint density at radius 1 is 1.22 bits per heavy atom. The summed E-state index contributed by atoms with van der Waals surface area (Å²) >= 11 is 0. The van der Waals surface area contributed by atoms with Gasteiger partial charge in [0.2, 0.25) is 0 Å². The van der Waals surface area contributed by atoms with E-state index in [-0.39, 0.29) is 11.5 Å². The molecule has 1 aliphatic heterocycles. The van der Waals surface area contributed by atoms with E-state index in [4.69, 9.17) is 0 Å². The second-order valence-corrected chi connectivity index (χ2v) is 4.65. The number of carbonyl (C=O) groups excluding carboxylic acids is 1. The number of phenolic OH excluding ortho intramolecular Hbond substituents is 1. The van der Waals surface area contributed by atoms with E-state index in [2.05, 4.69) is 4.90 Å². The highest BCUT2D eigenvalue weighted by atomic mass is 16.3. The SMILES string of the molecule is O=C(C=CCN1CCCCC1)c1ccccc1O. The van der Waals surface area contributed by atoms with Gasteiger partial charge in [-0.2, -0.15) is 0 Å². The molecule has 0 amide bonds. The summed E-state index contributed by atoms with van der Waals surface area (Å²) in [6.45, 7) is 3.06. The van der Waals surface area contributed by atoms with Crippen molar-refractivity contribution in [1.29, 1.82) is 0 Å². The molecule has 0 aromatic heterocycles. The van der Waals surface area contributed by atoms with E-state index < -0.39 is 0 Å². The van der Waals surface area contributed by atoms with E-state index in [9.17, 15) is 9.90 Å². The summed E-state index contributed by atoms with van der Waals surface area (Å²) in [4.78, 5) is 14.2. The standard InChI is InChI=1S/C15H19NO2/c17-14-8-3-2-7-13(14)15(18)9-6-12-16-10-4-1-5-11-16/h2-3,6-9,17H,1,4-5,10-12H2. The minimum Gasteiger partial charge on any atom is -0.507 e. The van der Waals surface area contributed by atoms with Gasteiger partial charge in [-0.3, -0.25) is 9.69 Å². The Balaban J connectivity index is 1.89. The fourth-order valence-corrected chi connectivity index (χ4v) is 2.22. The smallest absolute Gasteiger partial charge is 0.189 e. The van der Waals surface area contributed by atoms with Crippen molar-refractivity contribution < 1.29 is 9.90 Å². The maximum atomic E-state index is 11.8. The normalized spacial score (nSPS) is 17.1. The summed E-state index contributed by atoms with van der Waals surface area (Å²) in [7, 11) is 0. The number of likely N-dealkylation sites (tertiary alicyclic amines) is 1. The topological polar surface area (TPSA) is 40.5 Å². The molecule has 3 heteroatoms. The first-order valence-corrected chi connectivity index (χ1v) is 6.48. The number of nitrogens with zero attached hydrogens (tertiary/aromatic N) is 1. The molecule has 18 heavy (non-hydrogen) atoms. The van der Waals surface area contributed by atoms with Crippen LogP contribution in [0.1, 0.15) is 29.6 Å². The Labute approximate surface area is 108 Å². The Hall–Kier alpha value is -1.61. The van der Waals surface area contributed by atoms with Gasteiger partial charge in [0.1, 0.15) is 5.75 Å². The molecule has 1 N–H and O–H groups in total. The first-order valence-electron chi connectivity index (χ1n) is 6.48. The molecule has 2 rings (SSSR count). The van der Waals surface area contributed by atoms with Gasteiger partial charge in [-0.1, -0.05) is 24.6 Å². The predicted octanol–water partition coefficient (Wildman–Crippen LogP) is 2.62. The van der Waals surface area contributed by atoms with Gasteiger partial charge in [0.25, 0.3) is 0 Å². The summed E-state index contributed by atoms with van der Waals surface area (Å²) in [6.07, 6.45) is 7.27. The van der Waals surface area contributed by atoms with E-state index in [1.807, 2.05) is 6.08 Å². The number of piperidine rings is 1. The van der Waals surface area contributed by atoms with Crippen molar-refractivity contribution in [3.05, 3.63) is 42.0 Å². The van der Waals surface area contributed by atoms with Crippen LogP contribution >= 0.6 is 0 Å². The van der Waals surface area contributed by atoms with Gasteiger partial charge in [-0.25, -0.2) is 0 Å². The van der Waals surface area contributed by atoms with Gasteiger partial charge < -0.3 is 5.11 Å². The fraction of sp³-hybridized carbons (Fsp3) is 0.400. The lowest BCUT2D eigenvalue weighted by atomic mass is 10.1. The molecule has 1 aliphatic rings. The summed E-state index contributed by atoms with van der Waals surface area (Å²) in [5.74, 6) is -0.0877. The molecule has 1 saturated heterocycles. The number of allylic oxidation sites excluding steroid dienone is 1. The van der Waals surface area contributed by atoms with Crippen LogP contribution in [-0.2, 0) is 0 Å². The lowest BCUT2D eigenvalue weighted by Gasteiger charge is -2.24. The summed E-state index contributed by atoms with van der Waals surface area (Å²) < 4.78 is 0. The molecule has 1 fully saturated rings. The van der Waals surface area contributed by atoms with Gasteiger partial charge >= 0.3 is 0 Å². The molecule has 1 aromatic rings. The van der Waals surface area contributed by atoms with Crippen molar-refractivity contribution in [2.75, 3.05) is 19.6 Å². The van der Waals surface area contributed by atoms with Crippen LogP contribution in [0.4, 0.5) is 0 Å². The highest BCUT2D eigenvalue weighted by molar-refractivity contribution is 6.06. The van der Waals surface area contributed by atoms with Gasteiger partial charge in [-0.05, 0) is 44.1 Å². The van der Waals surface area contributed by atoms with Crippen LogP contribution in [0.15, 0.2) is 36.4 Å². The Kier molecular flexibility index (Phi) is 4.53. The minimum absolute atomic E-state index is 0.0464. The lowest BCUT2D eigenvalue weighted by Crippen LogP contribution is -2.29. The zero-order chi connectivity index (χ0) is 12.8. The van der Waals surface area contributed by atoms with Crippen LogP contribution in [0.2, 0.25) is 0 Å². The molecular weight excluding hydrogens is 226 g/mol. The fourth-order valence-electron chi connectivity index (χ4n) is 2.22. The van der Waals surface area contributed by atoms with Crippen LogP contribution in [0.25, 0.3) is 0 Å². The van der Waals surface area contributed by atoms with Crippen LogP contribution in [0, 0.1) is 0 Å².